The number of hydrogen-bond acceptors (Lipinski definition) is 8. The maximum atomic E-state index is 12.2. The third kappa shape index (κ3) is 16.2. The number of unbranched alkanes of at least 4 members (excludes halogenated alkanes) is 16. The van der Waals surface area contributed by atoms with Gasteiger partial charge in [-0.2, -0.15) is 0 Å². The summed E-state index contributed by atoms with van der Waals surface area (Å²) < 4.78 is 75.4. The van der Waals surface area contributed by atoms with E-state index in [9.17, 15) is 25.9 Å². The van der Waals surface area contributed by atoms with Crippen molar-refractivity contribution >= 4 is 81.1 Å². The molecular weight excluding hydrogens is 857 g/mol. The molecule has 0 N–H and O–H groups in total. The van der Waals surface area contributed by atoms with E-state index in [0.717, 1.165) is 69.6 Å². The van der Waals surface area contributed by atoms with Crippen molar-refractivity contribution in [1.82, 2.24) is 0 Å². The molecule has 6 rings (SSSR count). The van der Waals surface area contributed by atoms with Crippen LogP contribution in [0.5, 0.6) is 0 Å². The van der Waals surface area contributed by atoms with Crippen molar-refractivity contribution in [3.8, 4) is 0 Å². The Morgan fingerprint density at radius 3 is 0.968 bits per heavy atom. The summed E-state index contributed by atoms with van der Waals surface area (Å²) in [4.78, 5) is 4.15. The van der Waals surface area contributed by atoms with Crippen LogP contribution in [0.1, 0.15) is 153 Å². The third-order valence-electron chi connectivity index (χ3n) is 12.1. The van der Waals surface area contributed by atoms with E-state index in [1.807, 2.05) is 84.9 Å². The number of benzene rings is 4. The van der Waals surface area contributed by atoms with E-state index in [1.54, 1.807) is 24.3 Å². The molecule has 13 heteroatoms. The Morgan fingerprint density at radius 2 is 0.667 bits per heavy atom. The Kier molecular flexibility index (Phi) is 23.1. The predicted octanol–water partition coefficient (Wildman–Crippen LogP) is 12.1. The van der Waals surface area contributed by atoms with Gasteiger partial charge in [-0.05, 0) is 61.1 Å². The van der Waals surface area contributed by atoms with Gasteiger partial charge in [-0.3, -0.25) is 8.61 Å². The van der Waals surface area contributed by atoms with Gasteiger partial charge in [0, 0.05) is 13.1 Å². The molecule has 0 bridgehead atoms. The van der Waals surface area contributed by atoms with Gasteiger partial charge in [-0.25, -0.2) is 16.8 Å². The number of nitrogens with zero attached hydrogens (tertiary/aromatic N) is 4. The summed E-state index contributed by atoms with van der Waals surface area (Å²) in [5.74, 6) is 0. The molecule has 2 aliphatic heterocycles. The molecule has 2 unspecified atom stereocenters. The molecule has 0 amide bonds. The van der Waals surface area contributed by atoms with Crippen LogP contribution in [0.3, 0.4) is 0 Å². The molecule has 0 aromatic heterocycles. The summed E-state index contributed by atoms with van der Waals surface area (Å²) in [6, 6.07) is 34.7. The van der Waals surface area contributed by atoms with Crippen molar-refractivity contribution in [1.29, 1.82) is 0 Å². The average molecular weight is 927 g/mol. The first-order valence-corrected chi connectivity index (χ1v) is 26.1. The summed E-state index contributed by atoms with van der Waals surface area (Å²) in [7, 11) is -9.22. The summed E-state index contributed by atoms with van der Waals surface area (Å²) in [5.41, 5.74) is 4.81. The second-order valence-electron chi connectivity index (χ2n) is 16.9. The smallest absolute Gasteiger partial charge is 0.731 e. The molecule has 2 atom stereocenters. The Bertz CT molecular complexity index is 1960. The maximum absolute atomic E-state index is 12.2. The van der Waals surface area contributed by atoms with Crippen LogP contribution in [-0.4, -0.2) is 76.0 Å². The molecule has 2 aliphatic rings. The van der Waals surface area contributed by atoms with Crippen molar-refractivity contribution in [2.45, 2.75) is 168 Å². The van der Waals surface area contributed by atoms with Gasteiger partial charge in [0.2, 0.25) is 0 Å². The van der Waals surface area contributed by atoms with Gasteiger partial charge in [-0.1, -0.05) is 202 Å². The van der Waals surface area contributed by atoms with Gasteiger partial charge in [0.25, 0.3) is 0 Å². The van der Waals surface area contributed by atoms with Crippen LogP contribution >= 0.6 is 0 Å². The van der Waals surface area contributed by atoms with E-state index in [0.29, 0.717) is 37.3 Å². The van der Waals surface area contributed by atoms with Gasteiger partial charge >= 0.3 is 37.7 Å². The number of anilines is 4. The zero-order chi connectivity index (χ0) is 44.2. The first-order chi connectivity index (χ1) is 30.0. The second kappa shape index (κ2) is 27.6. The van der Waals surface area contributed by atoms with Crippen LogP contribution in [0.4, 0.5) is 22.7 Å². The van der Waals surface area contributed by atoms with Crippen LogP contribution in [0.15, 0.2) is 109 Å². The van der Waals surface area contributed by atoms with Gasteiger partial charge in [-0.15, -0.1) is 0 Å². The van der Waals surface area contributed by atoms with Crippen molar-refractivity contribution < 1.29 is 25.9 Å². The van der Waals surface area contributed by atoms with Crippen LogP contribution in [0.25, 0.3) is 0 Å². The number of fused-ring (bicyclic) bond motifs is 2. The molecule has 63 heavy (non-hydrogen) atoms. The molecule has 0 spiro atoms. The minimum absolute atomic E-state index is 0. The molecule has 0 radical (unpaired) electrons. The minimum atomic E-state index is -4.61. The molecule has 0 saturated carbocycles. The van der Waals surface area contributed by atoms with Crippen molar-refractivity contribution in [2.75, 3.05) is 18.4 Å². The van der Waals surface area contributed by atoms with Crippen molar-refractivity contribution in [2.24, 2.45) is 0 Å². The number of hydrogen-bond donors (Lipinski definition) is 0. The van der Waals surface area contributed by atoms with Crippen molar-refractivity contribution in [3.63, 3.8) is 0 Å². The van der Waals surface area contributed by atoms with Crippen molar-refractivity contribution in [3.05, 3.63) is 120 Å². The zero-order valence-corrected chi connectivity index (χ0v) is 41.7. The SMILES string of the molecule is CCCCCCCCCCCC1N(Cc2ccccc2)c2ccccc2N1S(=O)(=O)[O-].CCCCCCCCCCCC1N(Cc2ccccc2)c2ccccc2N1S(=O)(=O)[O-].[Ca+2]. The second-order valence-corrected chi connectivity index (χ2v) is 19.4. The first-order valence-electron chi connectivity index (χ1n) is 23.3. The van der Waals surface area contributed by atoms with E-state index < -0.39 is 32.9 Å². The average Bonchev–Trinajstić information content (AvgIpc) is 3.75. The number of para-hydroxylation sites is 4. The summed E-state index contributed by atoms with van der Waals surface area (Å²) in [6.07, 6.45) is 22.1. The largest absolute Gasteiger partial charge is 2.00 e. The van der Waals surface area contributed by atoms with E-state index in [4.69, 9.17) is 0 Å². The Hall–Kier alpha value is -2.84. The fraction of sp³-hybridized carbons (Fsp3) is 0.520. The van der Waals surface area contributed by atoms with Gasteiger partial charge in [0.15, 0.2) is 20.6 Å². The molecule has 2 heterocycles. The molecule has 0 aliphatic carbocycles. The monoisotopic (exact) mass is 926 g/mol. The molecule has 10 nitrogen and oxygen atoms in total. The van der Waals surface area contributed by atoms with Gasteiger partial charge < -0.3 is 18.9 Å². The Balaban J connectivity index is 0.000000272. The summed E-state index contributed by atoms with van der Waals surface area (Å²) in [5, 5.41) is 0. The summed E-state index contributed by atoms with van der Waals surface area (Å²) >= 11 is 0. The van der Waals surface area contributed by atoms with Crippen LogP contribution in [-0.2, 0) is 33.7 Å². The quantitative estimate of drug-likeness (QED) is 0.0346. The van der Waals surface area contributed by atoms with E-state index >= 15 is 0 Å². The Labute approximate surface area is 410 Å². The third-order valence-corrected chi connectivity index (χ3v) is 14.0. The molecule has 0 fully saturated rings. The maximum Gasteiger partial charge on any atom is 2.00 e. The van der Waals surface area contributed by atoms with Gasteiger partial charge in [0.1, 0.15) is 12.3 Å². The summed E-state index contributed by atoms with van der Waals surface area (Å²) in [6.45, 7) is 5.61. The fourth-order valence-corrected chi connectivity index (χ4v) is 10.8. The minimum Gasteiger partial charge on any atom is -0.731 e. The Morgan fingerprint density at radius 1 is 0.397 bits per heavy atom. The van der Waals surface area contributed by atoms with Crippen LogP contribution in [0.2, 0.25) is 0 Å². The first kappa shape index (κ1) is 52.8. The standard InChI is InChI=1S/2C25H36N2O3S.Ca/c2*1-2-3-4-5-6-7-8-9-13-20-25-26(21-22-16-11-10-12-17-22)23-18-14-15-19-24(23)27(25)31(28,29)30;/h2*10-12,14-19,25H,2-9,13,20-21H2,1H3,(H,28,29,30);/q;;+2/p-2. The van der Waals surface area contributed by atoms with Crippen LogP contribution in [0, 0.1) is 0 Å². The van der Waals surface area contributed by atoms with E-state index in [1.165, 1.54) is 77.0 Å². The van der Waals surface area contributed by atoms with E-state index in [-0.39, 0.29) is 37.7 Å². The van der Waals surface area contributed by atoms with Crippen LogP contribution < -0.4 is 18.4 Å². The predicted molar refractivity (Wildman–Crippen MR) is 260 cm³/mol. The molecule has 4 aromatic rings. The normalized spacial score (nSPS) is 15.7. The molecule has 340 valence electrons. The van der Waals surface area contributed by atoms with Gasteiger partial charge in [0.05, 0.1) is 22.7 Å². The van der Waals surface area contributed by atoms with E-state index in [2.05, 4.69) is 23.6 Å². The molecule has 4 aromatic carbocycles. The fourth-order valence-electron chi connectivity index (χ4n) is 8.98. The zero-order valence-electron chi connectivity index (χ0n) is 37.9. The topological polar surface area (TPSA) is 127 Å². The molecule has 0 saturated heterocycles. The number of rotatable bonds is 26. The molecular formula is C50H70CaN4O6S2.